The summed E-state index contributed by atoms with van der Waals surface area (Å²) in [5.41, 5.74) is 1.77. The van der Waals surface area contributed by atoms with Crippen LogP contribution in [0.3, 0.4) is 0 Å². The van der Waals surface area contributed by atoms with Gasteiger partial charge in [0, 0.05) is 49.8 Å². The van der Waals surface area contributed by atoms with Gasteiger partial charge in [0.1, 0.15) is 18.3 Å². The van der Waals surface area contributed by atoms with Crippen LogP contribution in [0, 0.1) is 5.41 Å². The van der Waals surface area contributed by atoms with Crippen molar-refractivity contribution >= 4 is 27.1 Å². The molecule has 0 saturated heterocycles. The number of hydrogen-bond acceptors (Lipinski definition) is 11. The van der Waals surface area contributed by atoms with Gasteiger partial charge < -0.3 is 46.2 Å². The van der Waals surface area contributed by atoms with Crippen LogP contribution in [0.2, 0.25) is 0 Å². The third-order valence-electron chi connectivity index (χ3n) is 9.55. The molecule has 0 bridgehead atoms. The number of benzene rings is 2. The third-order valence-corrected chi connectivity index (χ3v) is 11.5. The SMILES string of the molecule is CCCCC1(CC)CS(=O)(=O)c2ccc(N(C)C)cc2C(c2cccc(NC(=O)CCCCNCC(O)C(O)C(O)C(O)CO)c2)C1O. The molecular formula is C35H55N3O9S. The van der Waals surface area contributed by atoms with E-state index in [4.69, 9.17) is 5.11 Å². The summed E-state index contributed by atoms with van der Waals surface area (Å²) in [5.74, 6) is -0.991. The van der Waals surface area contributed by atoms with Crippen molar-refractivity contribution in [2.24, 2.45) is 5.41 Å². The van der Waals surface area contributed by atoms with Gasteiger partial charge in [-0.05, 0) is 73.7 Å². The number of nitrogens with zero attached hydrogens (tertiary/aromatic N) is 1. The molecule has 2 aromatic carbocycles. The number of amides is 1. The lowest BCUT2D eigenvalue weighted by molar-refractivity contribution is -0.116. The summed E-state index contributed by atoms with van der Waals surface area (Å²) >= 11 is 0. The molecular weight excluding hydrogens is 638 g/mol. The minimum atomic E-state index is -3.72. The number of carbonyl (C=O) groups excluding carboxylic acids is 1. The molecule has 7 atom stereocenters. The number of hydrogen-bond donors (Lipinski definition) is 8. The number of nitrogens with one attached hydrogen (secondary N) is 2. The summed E-state index contributed by atoms with van der Waals surface area (Å²) in [6, 6.07) is 12.5. The van der Waals surface area contributed by atoms with Crippen LogP contribution in [0.25, 0.3) is 0 Å². The maximum Gasteiger partial charge on any atom is 0.224 e. The first-order valence-electron chi connectivity index (χ1n) is 16.9. The number of rotatable bonds is 18. The lowest BCUT2D eigenvalue weighted by Gasteiger charge is -2.39. The predicted octanol–water partition coefficient (Wildman–Crippen LogP) is 1.75. The Labute approximate surface area is 284 Å². The molecule has 12 nitrogen and oxygen atoms in total. The Balaban J connectivity index is 1.74. The van der Waals surface area contributed by atoms with E-state index in [-0.39, 0.29) is 29.5 Å². The lowest BCUT2D eigenvalue weighted by Crippen LogP contribution is -2.49. The zero-order valence-corrected chi connectivity index (χ0v) is 29.4. The van der Waals surface area contributed by atoms with Crippen LogP contribution in [0.15, 0.2) is 47.4 Å². The van der Waals surface area contributed by atoms with Crippen molar-refractivity contribution in [1.29, 1.82) is 0 Å². The van der Waals surface area contributed by atoms with Crippen LogP contribution in [0.1, 0.15) is 75.8 Å². The zero-order chi connectivity index (χ0) is 35.6. The van der Waals surface area contributed by atoms with E-state index in [2.05, 4.69) is 17.6 Å². The Morgan fingerprint density at radius 2 is 1.71 bits per heavy atom. The Bertz CT molecular complexity index is 1440. The van der Waals surface area contributed by atoms with Gasteiger partial charge in [0.15, 0.2) is 9.84 Å². The normalized spacial score (nSPS) is 23.0. The van der Waals surface area contributed by atoms with Crippen molar-refractivity contribution < 1.29 is 43.9 Å². The molecule has 1 heterocycles. The topological polar surface area (TPSA) is 200 Å². The molecule has 0 saturated carbocycles. The largest absolute Gasteiger partial charge is 0.394 e. The van der Waals surface area contributed by atoms with E-state index < -0.39 is 58.3 Å². The summed E-state index contributed by atoms with van der Waals surface area (Å²) in [4.78, 5) is 15.0. The molecule has 13 heteroatoms. The first kappa shape index (κ1) is 39.8. The second-order valence-corrected chi connectivity index (χ2v) is 15.2. The zero-order valence-electron chi connectivity index (χ0n) is 28.5. The Morgan fingerprint density at radius 3 is 2.35 bits per heavy atom. The molecule has 1 amide bonds. The van der Waals surface area contributed by atoms with E-state index in [1.165, 1.54) is 0 Å². The molecule has 1 aliphatic rings. The maximum atomic E-state index is 13.9. The molecule has 1 aliphatic heterocycles. The van der Waals surface area contributed by atoms with Gasteiger partial charge >= 0.3 is 0 Å². The van der Waals surface area contributed by atoms with Crippen LogP contribution in [0.4, 0.5) is 11.4 Å². The van der Waals surface area contributed by atoms with E-state index in [1.54, 1.807) is 24.3 Å². The third kappa shape index (κ3) is 9.75. The van der Waals surface area contributed by atoms with Gasteiger partial charge in [0.2, 0.25) is 5.91 Å². The first-order valence-corrected chi connectivity index (χ1v) is 18.5. The molecule has 3 rings (SSSR count). The van der Waals surface area contributed by atoms with Crippen molar-refractivity contribution in [3.63, 3.8) is 0 Å². The number of sulfone groups is 1. The number of aliphatic hydroxyl groups is 6. The highest BCUT2D eigenvalue weighted by Gasteiger charge is 2.49. The van der Waals surface area contributed by atoms with Crippen LogP contribution >= 0.6 is 0 Å². The molecule has 48 heavy (non-hydrogen) atoms. The molecule has 8 N–H and O–H groups in total. The van der Waals surface area contributed by atoms with Crippen molar-refractivity contribution in [1.82, 2.24) is 5.32 Å². The fraction of sp³-hybridized carbons (Fsp3) is 0.629. The summed E-state index contributed by atoms with van der Waals surface area (Å²) in [6.07, 6.45) is -3.17. The fourth-order valence-electron chi connectivity index (χ4n) is 6.51. The molecule has 2 aromatic rings. The van der Waals surface area contributed by atoms with E-state index in [0.717, 1.165) is 18.5 Å². The van der Waals surface area contributed by atoms with Crippen molar-refractivity contribution in [2.45, 2.75) is 100 Å². The molecule has 7 unspecified atom stereocenters. The Kier molecular flexibility index (Phi) is 14.8. The van der Waals surface area contributed by atoms with E-state index >= 15 is 0 Å². The number of unbranched alkanes of at least 4 members (excludes halogenated alkanes) is 2. The van der Waals surface area contributed by atoms with Gasteiger partial charge in [0.05, 0.1) is 29.5 Å². The minimum Gasteiger partial charge on any atom is -0.394 e. The van der Waals surface area contributed by atoms with Crippen LogP contribution in [0.5, 0.6) is 0 Å². The summed E-state index contributed by atoms with van der Waals surface area (Å²) in [6.45, 7) is 3.62. The van der Waals surface area contributed by atoms with E-state index in [0.29, 0.717) is 49.0 Å². The molecule has 0 spiro atoms. The highest BCUT2D eigenvalue weighted by molar-refractivity contribution is 7.91. The number of carbonyl (C=O) groups is 1. The van der Waals surface area contributed by atoms with Gasteiger partial charge in [-0.15, -0.1) is 0 Å². The van der Waals surface area contributed by atoms with Crippen molar-refractivity contribution in [2.75, 3.05) is 49.8 Å². The first-order chi connectivity index (χ1) is 22.7. The van der Waals surface area contributed by atoms with E-state index in [9.17, 15) is 38.7 Å². The second kappa shape index (κ2) is 17.9. The summed E-state index contributed by atoms with van der Waals surface area (Å²) in [5, 5.41) is 66.0. The monoisotopic (exact) mass is 693 g/mol. The Hall–Kier alpha value is -2.62. The average molecular weight is 694 g/mol. The predicted molar refractivity (Wildman–Crippen MR) is 186 cm³/mol. The highest BCUT2D eigenvalue weighted by atomic mass is 32.2. The summed E-state index contributed by atoms with van der Waals surface area (Å²) in [7, 11) is 0.0475. The quantitative estimate of drug-likeness (QED) is 0.106. The number of aliphatic hydroxyl groups excluding tert-OH is 6. The van der Waals surface area contributed by atoms with Crippen LogP contribution in [-0.4, -0.2) is 115 Å². The van der Waals surface area contributed by atoms with Gasteiger partial charge in [-0.1, -0.05) is 38.8 Å². The van der Waals surface area contributed by atoms with Crippen LogP contribution in [-0.2, 0) is 14.6 Å². The standard InChI is InChI=1S/C35H55N3O9S/c1-5-7-16-35(6-2)22-48(46,47)29-15-14-25(38(3)4)19-26(29)31(34(35)45)23-11-10-12-24(18-23)37-30(42)13-8-9-17-36-20-27(40)32(43)33(44)28(41)21-39/h10-12,14-15,18-19,27-28,31-34,36,39-41,43-45H,5-9,13,16-17,20-22H2,1-4H3,(H,37,42). The Morgan fingerprint density at radius 1 is 1.00 bits per heavy atom. The van der Waals surface area contributed by atoms with Gasteiger partial charge in [0.25, 0.3) is 0 Å². The highest BCUT2D eigenvalue weighted by Crippen LogP contribution is 2.49. The van der Waals surface area contributed by atoms with Crippen molar-refractivity contribution in [3.8, 4) is 0 Å². The molecule has 270 valence electrons. The summed E-state index contributed by atoms with van der Waals surface area (Å²) < 4.78 is 27.8. The smallest absolute Gasteiger partial charge is 0.224 e. The van der Waals surface area contributed by atoms with Gasteiger partial charge in [-0.2, -0.15) is 0 Å². The number of fused-ring (bicyclic) bond motifs is 1. The second-order valence-electron chi connectivity index (χ2n) is 13.3. The molecule has 0 radical (unpaired) electrons. The number of anilines is 2. The fourth-order valence-corrected chi connectivity index (χ4v) is 8.76. The van der Waals surface area contributed by atoms with Crippen molar-refractivity contribution in [3.05, 3.63) is 53.6 Å². The minimum absolute atomic E-state index is 0.0550. The molecule has 0 fully saturated rings. The average Bonchev–Trinajstić information content (AvgIpc) is 3.13. The molecule has 0 aromatic heterocycles. The van der Waals surface area contributed by atoms with Crippen LogP contribution < -0.4 is 15.5 Å². The lowest BCUT2D eigenvalue weighted by atomic mass is 9.69. The van der Waals surface area contributed by atoms with E-state index in [1.807, 2.05) is 44.1 Å². The maximum absolute atomic E-state index is 13.9. The van der Waals surface area contributed by atoms with Gasteiger partial charge in [-0.3, -0.25) is 4.79 Å². The van der Waals surface area contributed by atoms with Gasteiger partial charge in [-0.25, -0.2) is 8.42 Å². The molecule has 0 aliphatic carbocycles.